The average molecular weight is 352 g/mol. The minimum atomic E-state index is -1.67. The predicted molar refractivity (Wildman–Crippen MR) is 87.2 cm³/mol. The fourth-order valence-corrected chi connectivity index (χ4v) is 1.89. The molecule has 6 atom stereocenters. The van der Waals surface area contributed by atoms with E-state index in [9.17, 15) is 5.11 Å². The summed E-state index contributed by atoms with van der Waals surface area (Å²) in [7, 11) is 0. The standard InChI is InChI=1S/C10H18O2.C6H14O6/c1-8(2)5-4-6-10(3,11)9-7-12-9;7-1-3(9)5(11)6(12)4(10)2-8/h5,9,11H,4,6-7H2,1-3H3;3-12H,1-2H2. The first-order valence-corrected chi connectivity index (χ1v) is 7.98. The summed E-state index contributed by atoms with van der Waals surface area (Å²) in [5.74, 6) is 0. The van der Waals surface area contributed by atoms with Gasteiger partial charge in [-0.25, -0.2) is 0 Å². The highest BCUT2D eigenvalue weighted by atomic mass is 16.6. The first kappa shape index (κ1) is 23.4. The summed E-state index contributed by atoms with van der Waals surface area (Å²) < 4.78 is 5.06. The number of allylic oxidation sites excluding steroid dienone is 2. The number of ether oxygens (including phenoxy) is 1. The van der Waals surface area contributed by atoms with Gasteiger partial charge in [0.05, 0.1) is 25.4 Å². The third-order valence-electron chi connectivity index (χ3n) is 3.74. The highest BCUT2D eigenvalue weighted by Crippen LogP contribution is 2.28. The molecule has 144 valence electrons. The van der Waals surface area contributed by atoms with Gasteiger partial charge in [-0.2, -0.15) is 0 Å². The van der Waals surface area contributed by atoms with Gasteiger partial charge in [-0.3, -0.25) is 0 Å². The molecule has 0 spiro atoms. The fraction of sp³-hybridized carbons (Fsp3) is 0.875. The third kappa shape index (κ3) is 9.05. The van der Waals surface area contributed by atoms with Crippen LogP contribution >= 0.6 is 0 Å². The van der Waals surface area contributed by atoms with Crippen molar-refractivity contribution in [2.45, 2.75) is 69.7 Å². The molecule has 0 saturated carbocycles. The number of hydrogen-bond acceptors (Lipinski definition) is 8. The molecule has 8 nitrogen and oxygen atoms in total. The predicted octanol–water partition coefficient (Wildman–Crippen LogP) is -1.70. The molecular weight excluding hydrogens is 320 g/mol. The Morgan fingerprint density at radius 3 is 1.79 bits per heavy atom. The van der Waals surface area contributed by atoms with Crippen LogP contribution in [0.5, 0.6) is 0 Å². The van der Waals surface area contributed by atoms with Gasteiger partial charge in [-0.05, 0) is 33.6 Å². The zero-order valence-electron chi connectivity index (χ0n) is 14.5. The van der Waals surface area contributed by atoms with Crippen LogP contribution in [0.1, 0.15) is 33.6 Å². The number of aliphatic hydroxyl groups is 7. The van der Waals surface area contributed by atoms with Crippen molar-refractivity contribution < 1.29 is 40.5 Å². The molecule has 8 heteroatoms. The molecule has 0 aliphatic carbocycles. The number of rotatable bonds is 9. The van der Waals surface area contributed by atoms with Crippen LogP contribution in [0.25, 0.3) is 0 Å². The Kier molecular flexibility index (Phi) is 10.8. The maximum absolute atomic E-state index is 9.81. The first-order valence-electron chi connectivity index (χ1n) is 7.98. The van der Waals surface area contributed by atoms with Crippen LogP contribution < -0.4 is 0 Å². The van der Waals surface area contributed by atoms with E-state index in [1.807, 2.05) is 6.92 Å². The van der Waals surface area contributed by atoms with Gasteiger partial charge in [0.2, 0.25) is 0 Å². The monoisotopic (exact) mass is 352 g/mol. The minimum absolute atomic E-state index is 0.0862. The van der Waals surface area contributed by atoms with Crippen molar-refractivity contribution in [3.8, 4) is 0 Å². The van der Waals surface area contributed by atoms with Gasteiger partial charge in [0.15, 0.2) is 0 Å². The third-order valence-corrected chi connectivity index (χ3v) is 3.74. The van der Waals surface area contributed by atoms with Crippen molar-refractivity contribution in [2.24, 2.45) is 0 Å². The Morgan fingerprint density at radius 2 is 1.50 bits per heavy atom. The molecule has 0 aromatic heterocycles. The molecule has 7 N–H and O–H groups in total. The van der Waals surface area contributed by atoms with E-state index in [1.54, 1.807) is 0 Å². The Morgan fingerprint density at radius 1 is 1.08 bits per heavy atom. The Bertz CT molecular complexity index is 349. The van der Waals surface area contributed by atoms with Crippen molar-refractivity contribution in [3.63, 3.8) is 0 Å². The summed E-state index contributed by atoms with van der Waals surface area (Å²) in [6.07, 6.45) is -2.42. The summed E-state index contributed by atoms with van der Waals surface area (Å²) in [6.45, 7) is 5.27. The molecule has 1 aliphatic heterocycles. The minimum Gasteiger partial charge on any atom is -0.394 e. The van der Waals surface area contributed by atoms with Crippen molar-refractivity contribution in [1.29, 1.82) is 0 Å². The fourth-order valence-electron chi connectivity index (χ4n) is 1.89. The van der Waals surface area contributed by atoms with E-state index < -0.39 is 43.2 Å². The highest BCUT2D eigenvalue weighted by Gasteiger charge is 2.40. The van der Waals surface area contributed by atoms with Crippen LogP contribution in [0.3, 0.4) is 0 Å². The molecule has 1 saturated heterocycles. The van der Waals surface area contributed by atoms with Crippen LogP contribution in [-0.4, -0.2) is 91.7 Å². The molecule has 24 heavy (non-hydrogen) atoms. The molecule has 0 amide bonds. The Hall–Kier alpha value is -0.580. The quantitative estimate of drug-likeness (QED) is 0.191. The number of hydrogen-bond donors (Lipinski definition) is 7. The maximum atomic E-state index is 9.81. The summed E-state index contributed by atoms with van der Waals surface area (Å²) in [4.78, 5) is 0. The maximum Gasteiger partial charge on any atom is 0.111 e. The molecule has 0 aromatic carbocycles. The Labute approximate surface area is 142 Å². The normalized spacial score (nSPS) is 23.8. The topological polar surface area (TPSA) is 154 Å². The second-order valence-corrected chi connectivity index (χ2v) is 6.48. The van der Waals surface area contributed by atoms with Gasteiger partial charge >= 0.3 is 0 Å². The van der Waals surface area contributed by atoms with E-state index in [1.165, 1.54) is 5.57 Å². The number of epoxide rings is 1. The second-order valence-electron chi connectivity index (χ2n) is 6.48. The Balaban J connectivity index is 0.000000441. The molecule has 1 aliphatic rings. The van der Waals surface area contributed by atoms with Crippen LogP contribution in [0.15, 0.2) is 11.6 Å². The second kappa shape index (κ2) is 11.1. The van der Waals surface area contributed by atoms with Crippen LogP contribution in [-0.2, 0) is 4.74 Å². The zero-order chi connectivity index (χ0) is 18.9. The number of aliphatic hydroxyl groups excluding tert-OH is 6. The van der Waals surface area contributed by atoms with Crippen molar-refractivity contribution in [1.82, 2.24) is 0 Å². The molecular formula is C16H32O8. The van der Waals surface area contributed by atoms with Gasteiger partial charge in [-0.15, -0.1) is 0 Å². The van der Waals surface area contributed by atoms with E-state index in [-0.39, 0.29) is 6.10 Å². The van der Waals surface area contributed by atoms with Gasteiger partial charge in [0.25, 0.3) is 0 Å². The van der Waals surface area contributed by atoms with E-state index in [0.29, 0.717) is 0 Å². The van der Waals surface area contributed by atoms with Crippen molar-refractivity contribution in [2.75, 3.05) is 19.8 Å². The average Bonchev–Trinajstić information content (AvgIpc) is 3.37. The lowest BCUT2D eigenvalue weighted by Gasteiger charge is -2.24. The van der Waals surface area contributed by atoms with Gasteiger partial charge < -0.3 is 40.5 Å². The molecule has 1 fully saturated rings. The zero-order valence-corrected chi connectivity index (χ0v) is 14.5. The van der Waals surface area contributed by atoms with Gasteiger partial charge in [0.1, 0.15) is 30.5 Å². The van der Waals surface area contributed by atoms with E-state index >= 15 is 0 Å². The summed E-state index contributed by atoms with van der Waals surface area (Å²) >= 11 is 0. The lowest BCUT2D eigenvalue weighted by molar-refractivity contribution is -0.123. The smallest absolute Gasteiger partial charge is 0.111 e. The van der Waals surface area contributed by atoms with E-state index in [2.05, 4.69) is 19.9 Å². The van der Waals surface area contributed by atoms with Crippen LogP contribution in [0.2, 0.25) is 0 Å². The summed E-state index contributed by atoms with van der Waals surface area (Å²) in [5, 5.41) is 62.0. The van der Waals surface area contributed by atoms with Gasteiger partial charge in [0, 0.05) is 0 Å². The molecule has 0 bridgehead atoms. The molecule has 0 radical (unpaired) electrons. The molecule has 0 aromatic rings. The van der Waals surface area contributed by atoms with Crippen LogP contribution in [0.4, 0.5) is 0 Å². The lowest BCUT2D eigenvalue weighted by Crippen LogP contribution is -2.46. The molecule has 1 rings (SSSR count). The molecule has 6 unspecified atom stereocenters. The summed E-state index contributed by atoms with van der Waals surface area (Å²) in [5.41, 5.74) is 0.689. The summed E-state index contributed by atoms with van der Waals surface area (Å²) in [6, 6.07) is 0. The van der Waals surface area contributed by atoms with Gasteiger partial charge in [-0.1, -0.05) is 11.6 Å². The lowest BCUT2D eigenvalue weighted by atomic mass is 9.96. The van der Waals surface area contributed by atoms with Crippen molar-refractivity contribution in [3.05, 3.63) is 11.6 Å². The molecule has 1 heterocycles. The van der Waals surface area contributed by atoms with E-state index in [0.717, 1.165) is 19.4 Å². The highest BCUT2D eigenvalue weighted by molar-refractivity contribution is 4.97. The van der Waals surface area contributed by atoms with E-state index in [4.69, 9.17) is 35.4 Å². The van der Waals surface area contributed by atoms with Crippen molar-refractivity contribution >= 4 is 0 Å². The van der Waals surface area contributed by atoms with Crippen LogP contribution in [0, 0.1) is 0 Å². The SMILES string of the molecule is CC(C)=CCCC(C)(O)C1CO1.OCC(O)C(O)C(O)C(O)CO. The first-order chi connectivity index (χ1) is 11.1. The largest absolute Gasteiger partial charge is 0.394 e.